The number of nitrogens with zero attached hydrogens (tertiary/aromatic N) is 5. The number of benzene rings is 3. The van der Waals surface area contributed by atoms with Gasteiger partial charge in [0.1, 0.15) is 5.69 Å². The second-order valence-corrected chi connectivity index (χ2v) is 5.93. The van der Waals surface area contributed by atoms with Gasteiger partial charge < -0.3 is 12.4 Å². The molecule has 1 heterocycles. The molecule has 7 heteroatoms. The zero-order chi connectivity index (χ0) is 18.6. The molecule has 2 N–H and O–H groups in total. The van der Waals surface area contributed by atoms with Gasteiger partial charge in [-0.25, -0.2) is 0 Å². The molecule has 0 aliphatic carbocycles. The minimum absolute atomic E-state index is 0. The molecule has 4 rings (SSSR count). The van der Waals surface area contributed by atoms with Crippen LogP contribution in [0.4, 0.5) is 11.4 Å². The predicted molar refractivity (Wildman–Crippen MR) is 102 cm³/mol. The quantitative estimate of drug-likeness (QED) is 0.616. The van der Waals surface area contributed by atoms with E-state index in [1.807, 2.05) is 65.1 Å². The molecule has 3 aromatic rings. The Labute approximate surface area is 168 Å². The van der Waals surface area contributed by atoms with Crippen molar-refractivity contribution in [2.24, 2.45) is 5.10 Å². The smallest absolute Gasteiger partial charge is 0.277 e. The number of hydrogen-bond donors (Lipinski definition) is 1. The van der Waals surface area contributed by atoms with Crippen LogP contribution in [0.2, 0.25) is 0 Å². The van der Waals surface area contributed by atoms with E-state index in [4.69, 9.17) is 15.6 Å². The fraction of sp³-hybridized carbons (Fsp3) is 0. The summed E-state index contributed by atoms with van der Waals surface area (Å²) in [6, 6.07) is 28.8. The van der Waals surface area contributed by atoms with E-state index in [9.17, 15) is 0 Å². The zero-order valence-corrected chi connectivity index (χ0v) is 15.5. The molecule has 28 heavy (non-hydrogen) atoms. The van der Waals surface area contributed by atoms with Gasteiger partial charge in [0.05, 0.1) is 34.5 Å². The second kappa shape index (κ2) is 8.24. The number of nitriles is 2. The number of halogens is 1. The van der Waals surface area contributed by atoms with E-state index in [1.165, 1.54) is 0 Å². The van der Waals surface area contributed by atoms with Gasteiger partial charge in [-0.1, -0.05) is 23.3 Å². The first-order valence-electron chi connectivity index (χ1n) is 8.37. The van der Waals surface area contributed by atoms with Crippen LogP contribution in [-0.4, -0.2) is 5.84 Å². The van der Waals surface area contributed by atoms with E-state index < -0.39 is 0 Å². The highest BCUT2D eigenvalue weighted by Crippen LogP contribution is 2.23. The topological polar surface area (TPSA) is 83.0 Å². The maximum atomic E-state index is 9.03. The molecule has 0 unspecified atom stereocenters. The Bertz CT molecular complexity index is 1060. The summed E-state index contributed by atoms with van der Waals surface area (Å²) in [5.41, 5.74) is 5.88. The molecule has 0 radical (unpaired) electrons. The highest BCUT2D eigenvalue weighted by Gasteiger charge is 2.31. The molecular weight excluding hydrogens is 372 g/mol. The highest BCUT2D eigenvalue weighted by atomic mass is 35.5. The van der Waals surface area contributed by atoms with Gasteiger partial charge >= 0.3 is 0 Å². The molecule has 3 aromatic carbocycles. The second-order valence-electron chi connectivity index (χ2n) is 5.93. The highest BCUT2D eigenvalue weighted by molar-refractivity contribution is 5.93. The van der Waals surface area contributed by atoms with E-state index in [0.717, 1.165) is 22.8 Å². The fourth-order valence-corrected chi connectivity index (χ4v) is 2.81. The average Bonchev–Trinajstić information content (AvgIpc) is 3.20. The van der Waals surface area contributed by atoms with Crippen molar-refractivity contribution >= 4 is 17.2 Å². The van der Waals surface area contributed by atoms with Crippen molar-refractivity contribution in [1.82, 2.24) is 0 Å². The van der Waals surface area contributed by atoms with Crippen LogP contribution < -0.4 is 28.1 Å². The van der Waals surface area contributed by atoms with Gasteiger partial charge in [0, 0.05) is 0 Å². The minimum Gasteiger partial charge on any atom is -1.00 e. The molecule has 1 aliphatic heterocycles. The van der Waals surface area contributed by atoms with Crippen molar-refractivity contribution < 1.29 is 17.8 Å². The third-order valence-corrected chi connectivity index (χ3v) is 4.21. The van der Waals surface area contributed by atoms with Crippen molar-refractivity contribution in [3.63, 3.8) is 0 Å². The number of rotatable bonds is 3. The monoisotopic (exact) mass is 386 g/mol. The Kier molecular flexibility index (Phi) is 5.57. The van der Waals surface area contributed by atoms with E-state index >= 15 is 0 Å². The van der Waals surface area contributed by atoms with Crippen LogP contribution in [-0.2, 0) is 0 Å². The summed E-state index contributed by atoms with van der Waals surface area (Å²) in [5.74, 6) is 0.823. The minimum atomic E-state index is 0. The van der Waals surface area contributed by atoms with Gasteiger partial charge in [-0.3, -0.25) is 0 Å². The number of quaternary nitrogens is 1. The van der Waals surface area contributed by atoms with Crippen molar-refractivity contribution in [2.45, 2.75) is 0 Å². The summed E-state index contributed by atoms with van der Waals surface area (Å²) in [6.07, 6.45) is 0. The Morgan fingerprint density at radius 1 is 0.714 bits per heavy atom. The summed E-state index contributed by atoms with van der Waals surface area (Å²) >= 11 is 0. The molecule has 0 bridgehead atoms. The third-order valence-electron chi connectivity index (χ3n) is 4.21. The summed E-state index contributed by atoms with van der Waals surface area (Å²) < 4.78 is 0. The number of hydrogen-bond acceptors (Lipinski definition) is 5. The molecule has 136 valence electrons. The molecule has 0 atom stereocenters. The lowest BCUT2D eigenvalue weighted by Crippen LogP contribution is -3.00. The molecule has 0 saturated heterocycles. The largest absolute Gasteiger partial charge is 1.00 e. The molecule has 1 aliphatic rings. The third kappa shape index (κ3) is 3.65. The summed E-state index contributed by atoms with van der Waals surface area (Å²) in [5, 5.41) is 26.5. The van der Waals surface area contributed by atoms with E-state index in [1.54, 1.807) is 29.4 Å². The molecular formula is C21H15ClN6. The van der Waals surface area contributed by atoms with Crippen LogP contribution in [0.1, 0.15) is 16.7 Å². The van der Waals surface area contributed by atoms with Crippen molar-refractivity contribution in [3.05, 3.63) is 95.6 Å². The van der Waals surface area contributed by atoms with E-state index in [0.29, 0.717) is 11.1 Å². The predicted octanol–water partition coefficient (Wildman–Crippen LogP) is -0.484. The normalized spacial score (nSPS) is 12.6. The van der Waals surface area contributed by atoms with Gasteiger partial charge in [-0.15, -0.1) is 10.2 Å². The standard InChI is InChI=1S/C21H14N6.ClH/c22-14-16-6-10-19(11-7-16)26-24-21(18-4-2-1-3-5-18)25-27(26)20-12-8-17(15-23)9-13-20;/h1-13H,(H,24,25);1H. The van der Waals surface area contributed by atoms with Crippen molar-refractivity contribution in [2.75, 3.05) is 10.2 Å². The first kappa shape index (κ1) is 18.9. The van der Waals surface area contributed by atoms with Gasteiger partial charge in [-0.2, -0.15) is 15.9 Å². The summed E-state index contributed by atoms with van der Waals surface area (Å²) in [6.45, 7) is 0. The van der Waals surface area contributed by atoms with Gasteiger partial charge in [0.2, 0.25) is 0 Å². The fourth-order valence-electron chi connectivity index (χ4n) is 2.81. The van der Waals surface area contributed by atoms with Crippen LogP contribution in [0.3, 0.4) is 0 Å². The first-order chi connectivity index (χ1) is 13.3. The van der Waals surface area contributed by atoms with Gasteiger partial charge in [0.15, 0.2) is 0 Å². The number of hydrazine groups is 1. The van der Waals surface area contributed by atoms with Gasteiger partial charge in [-0.05, 0) is 60.7 Å². The Morgan fingerprint density at radius 3 is 1.79 bits per heavy atom. The molecule has 0 saturated carbocycles. The van der Waals surface area contributed by atoms with E-state index in [-0.39, 0.29) is 12.4 Å². The van der Waals surface area contributed by atoms with Crippen LogP contribution in [0.15, 0.2) is 84.0 Å². The number of nitrogens with two attached hydrogens (primary N) is 1. The maximum Gasteiger partial charge on any atom is 0.277 e. The number of hydrazone groups is 1. The van der Waals surface area contributed by atoms with Crippen LogP contribution in [0, 0.1) is 22.7 Å². The summed E-state index contributed by atoms with van der Waals surface area (Å²) in [4.78, 5) is 0. The molecule has 0 aromatic heterocycles. The molecule has 0 amide bonds. The lowest BCUT2D eigenvalue weighted by Gasteiger charge is -2.23. The maximum absolute atomic E-state index is 9.03. The Morgan fingerprint density at radius 2 is 1.25 bits per heavy atom. The summed E-state index contributed by atoms with van der Waals surface area (Å²) in [7, 11) is 0. The van der Waals surface area contributed by atoms with Crippen molar-refractivity contribution in [1.29, 1.82) is 10.5 Å². The molecule has 6 nitrogen and oxygen atoms in total. The SMILES string of the molecule is N#Cc1ccc(N2N=C(c3ccccc3)[NH2+]N2c2ccc(C#N)cc2)cc1.[Cl-]. The number of amidine groups is 1. The van der Waals surface area contributed by atoms with Crippen LogP contribution in [0.25, 0.3) is 0 Å². The van der Waals surface area contributed by atoms with Crippen LogP contribution >= 0.6 is 0 Å². The molecule has 0 spiro atoms. The Balaban J connectivity index is 0.00000225. The Hall–Kier alpha value is -3.84. The van der Waals surface area contributed by atoms with E-state index in [2.05, 4.69) is 12.1 Å². The average molecular weight is 387 g/mol. The van der Waals surface area contributed by atoms with Crippen LogP contribution in [0.5, 0.6) is 0 Å². The molecule has 0 fully saturated rings. The number of anilines is 2. The first-order valence-corrected chi connectivity index (χ1v) is 8.37. The lowest BCUT2D eigenvalue weighted by molar-refractivity contribution is -0.545. The van der Waals surface area contributed by atoms with Crippen molar-refractivity contribution in [3.8, 4) is 12.1 Å². The van der Waals surface area contributed by atoms with Gasteiger partial charge in [0.25, 0.3) is 5.84 Å². The lowest BCUT2D eigenvalue weighted by atomic mass is 10.2. The zero-order valence-electron chi connectivity index (χ0n) is 14.7.